The second-order valence-corrected chi connectivity index (χ2v) is 15.3. The molecule has 0 aliphatic carbocycles. The first kappa shape index (κ1) is 51.3. The minimum absolute atomic E-state index is 0.0478. The predicted octanol–water partition coefficient (Wildman–Crippen LogP) is -3.07. The zero-order chi connectivity index (χ0) is 46.0. The van der Waals surface area contributed by atoms with E-state index in [1.165, 1.54) is 24.0 Å². The van der Waals surface area contributed by atoms with Gasteiger partial charge in [0, 0.05) is 13.0 Å². The van der Waals surface area contributed by atoms with Crippen LogP contribution in [-0.2, 0) is 49.6 Å². The third-order valence-electron chi connectivity index (χ3n) is 9.89. The highest BCUT2D eigenvalue weighted by molar-refractivity contribution is 5.97. The van der Waals surface area contributed by atoms with Gasteiger partial charge in [-0.3, -0.25) is 38.4 Å². The van der Waals surface area contributed by atoms with Gasteiger partial charge in [0.1, 0.15) is 42.0 Å². The Hall–Kier alpha value is -5.87. The fourth-order valence-electron chi connectivity index (χ4n) is 6.43. The number of hydrogen-bond donors (Lipinski definition) is 12. The molecule has 1 aromatic carbocycles. The molecule has 1 aromatic rings. The number of likely N-dealkylation sites (tertiary alicyclic amines) is 1. The topological polar surface area (TPSA) is 362 Å². The van der Waals surface area contributed by atoms with Crippen LogP contribution in [0.5, 0.6) is 5.75 Å². The zero-order valence-corrected chi connectivity index (χ0v) is 34.8. The van der Waals surface area contributed by atoms with Crippen molar-refractivity contribution < 1.29 is 63.6 Å². The van der Waals surface area contributed by atoms with Crippen molar-refractivity contribution in [1.82, 2.24) is 36.8 Å². The molecular weight excluding hydrogens is 802 g/mol. The van der Waals surface area contributed by atoms with Gasteiger partial charge in [0.25, 0.3) is 0 Å². The molecule has 2 rings (SSSR count). The average molecular weight is 864 g/mol. The number of carbonyl (C=O) groups is 9. The normalized spacial score (nSPS) is 17.0. The summed E-state index contributed by atoms with van der Waals surface area (Å²) in [7, 11) is 0. The van der Waals surface area contributed by atoms with Gasteiger partial charge in [0.05, 0.1) is 18.7 Å². The molecule has 1 fully saturated rings. The van der Waals surface area contributed by atoms with Crippen LogP contribution in [0.4, 0.5) is 0 Å². The number of phenols is 1. The van der Waals surface area contributed by atoms with E-state index in [0.717, 1.165) is 6.92 Å². The maximum atomic E-state index is 13.4. The number of nitrogens with two attached hydrogens (primary N) is 2. The molecule has 0 aromatic heterocycles. The van der Waals surface area contributed by atoms with Crippen LogP contribution in [0.3, 0.4) is 0 Å². The first-order valence-corrected chi connectivity index (χ1v) is 20.1. The van der Waals surface area contributed by atoms with Gasteiger partial charge in [0.15, 0.2) is 0 Å². The summed E-state index contributed by atoms with van der Waals surface area (Å²) in [6, 6.07) is -2.87. The summed E-state index contributed by atoms with van der Waals surface area (Å²) in [6.07, 6.45) is -0.838. The van der Waals surface area contributed by atoms with Crippen molar-refractivity contribution in [1.29, 1.82) is 0 Å². The third kappa shape index (κ3) is 17.0. The molecule has 1 saturated heterocycles. The minimum atomic E-state index is -1.72. The van der Waals surface area contributed by atoms with E-state index >= 15 is 0 Å². The van der Waals surface area contributed by atoms with Crippen LogP contribution >= 0.6 is 0 Å². The number of aliphatic carboxylic acids is 2. The second-order valence-electron chi connectivity index (χ2n) is 15.3. The molecule has 61 heavy (non-hydrogen) atoms. The van der Waals surface area contributed by atoms with Gasteiger partial charge in [-0.15, -0.1) is 0 Å². The van der Waals surface area contributed by atoms with Gasteiger partial charge >= 0.3 is 11.9 Å². The highest BCUT2D eigenvalue weighted by Crippen LogP contribution is 2.19. The van der Waals surface area contributed by atoms with Crippen LogP contribution in [0.1, 0.15) is 78.2 Å². The van der Waals surface area contributed by atoms with E-state index in [2.05, 4.69) is 31.9 Å². The lowest BCUT2D eigenvalue weighted by Crippen LogP contribution is -2.61. The number of nitrogens with zero attached hydrogens (tertiary/aromatic N) is 1. The van der Waals surface area contributed by atoms with E-state index in [0.29, 0.717) is 31.4 Å². The summed E-state index contributed by atoms with van der Waals surface area (Å²) >= 11 is 0. The number of aromatic hydroxyl groups is 1. The molecule has 7 amide bonds. The summed E-state index contributed by atoms with van der Waals surface area (Å²) in [4.78, 5) is 117. The van der Waals surface area contributed by atoms with Gasteiger partial charge < -0.3 is 68.7 Å². The van der Waals surface area contributed by atoms with Crippen molar-refractivity contribution >= 4 is 53.3 Å². The lowest BCUT2D eigenvalue weighted by Gasteiger charge is -2.29. The van der Waals surface area contributed by atoms with Crippen LogP contribution in [0.25, 0.3) is 0 Å². The zero-order valence-electron chi connectivity index (χ0n) is 34.8. The molecule has 0 spiro atoms. The van der Waals surface area contributed by atoms with Crippen molar-refractivity contribution in [3.63, 3.8) is 0 Å². The van der Waals surface area contributed by atoms with E-state index < -0.39 is 127 Å². The molecular formula is C39H61N9O13. The molecule has 22 heteroatoms. The molecule has 1 heterocycles. The number of amides is 7. The number of unbranched alkanes of at least 4 members (excludes halogenated alkanes) is 1. The van der Waals surface area contributed by atoms with Crippen molar-refractivity contribution in [3.8, 4) is 5.75 Å². The summed E-state index contributed by atoms with van der Waals surface area (Å²) in [6.45, 7) is 5.54. The number of carbonyl (C=O) groups excluding carboxylic acids is 7. The summed E-state index contributed by atoms with van der Waals surface area (Å²) in [5, 5.41) is 53.1. The van der Waals surface area contributed by atoms with Gasteiger partial charge in [-0.05, 0) is 89.0 Å². The van der Waals surface area contributed by atoms with Crippen LogP contribution in [0.15, 0.2) is 24.3 Å². The van der Waals surface area contributed by atoms with E-state index in [1.807, 2.05) is 0 Å². The number of aliphatic hydroxyl groups excluding tert-OH is 1. The lowest BCUT2D eigenvalue weighted by molar-refractivity contribution is -0.143. The molecule has 0 unspecified atom stereocenters. The Morgan fingerprint density at radius 2 is 1.41 bits per heavy atom. The molecule has 8 atom stereocenters. The van der Waals surface area contributed by atoms with Crippen LogP contribution in [0, 0.1) is 5.92 Å². The van der Waals surface area contributed by atoms with Gasteiger partial charge in [-0.2, -0.15) is 0 Å². The number of benzene rings is 1. The van der Waals surface area contributed by atoms with Crippen LogP contribution in [-0.4, -0.2) is 147 Å². The maximum absolute atomic E-state index is 13.4. The number of carboxylic acid groups (broad SMARTS) is 2. The Balaban J connectivity index is 2.05. The fraction of sp³-hybridized carbons (Fsp3) is 0.615. The number of carboxylic acids is 2. The van der Waals surface area contributed by atoms with E-state index in [1.54, 1.807) is 26.0 Å². The molecule has 0 saturated carbocycles. The Bertz CT molecular complexity index is 1710. The standard InChI is InChI=1S/C39H61N9O13/c1-20(2)31(36(57)45-27(39(60)61)8-5-6-16-40)46-37(58)32(22(4)49)47-34(55)26(14-15-30(52)53)44-29(51)19-42-35(56)28-9-7-17-48(28)38(59)21(3)43-33(54)25(41)18-23-10-12-24(50)13-11-23/h10-13,20-22,25-28,31-32,49-50H,5-9,14-19,40-41H2,1-4H3,(H,42,56)(H,43,54)(H,44,51)(H,45,57)(H,46,58)(H,47,55)(H,52,53)(H,60,61)/t21-,22+,25-,26-,27-,28-,31-,32-/m0/s1. The Kier molecular flexibility index (Phi) is 21.0. The van der Waals surface area contributed by atoms with E-state index in [9.17, 15) is 63.6 Å². The number of hydrogen-bond acceptors (Lipinski definition) is 13. The predicted molar refractivity (Wildman–Crippen MR) is 217 cm³/mol. The molecule has 1 aliphatic rings. The largest absolute Gasteiger partial charge is 0.508 e. The quantitative estimate of drug-likeness (QED) is 0.0434. The molecule has 22 nitrogen and oxygen atoms in total. The van der Waals surface area contributed by atoms with Crippen molar-refractivity contribution in [2.45, 2.75) is 127 Å². The van der Waals surface area contributed by atoms with Gasteiger partial charge in [-0.1, -0.05) is 26.0 Å². The molecule has 340 valence electrons. The monoisotopic (exact) mass is 863 g/mol. The number of aliphatic hydroxyl groups is 1. The Morgan fingerprint density at radius 3 is 1.98 bits per heavy atom. The van der Waals surface area contributed by atoms with Crippen LogP contribution < -0.4 is 43.4 Å². The second kappa shape index (κ2) is 25.0. The fourth-order valence-corrected chi connectivity index (χ4v) is 6.43. The maximum Gasteiger partial charge on any atom is 0.326 e. The summed E-state index contributed by atoms with van der Waals surface area (Å²) in [5.74, 6) is -8.94. The van der Waals surface area contributed by atoms with Gasteiger partial charge in [0.2, 0.25) is 41.4 Å². The summed E-state index contributed by atoms with van der Waals surface area (Å²) in [5.41, 5.74) is 12.2. The summed E-state index contributed by atoms with van der Waals surface area (Å²) < 4.78 is 0. The smallest absolute Gasteiger partial charge is 0.326 e. The highest BCUT2D eigenvalue weighted by Gasteiger charge is 2.38. The van der Waals surface area contributed by atoms with E-state index in [4.69, 9.17) is 11.5 Å². The van der Waals surface area contributed by atoms with E-state index in [-0.39, 0.29) is 31.6 Å². The number of rotatable bonds is 25. The lowest BCUT2D eigenvalue weighted by atomic mass is 10.0. The molecule has 1 aliphatic heterocycles. The van der Waals surface area contributed by atoms with Crippen molar-refractivity contribution in [2.24, 2.45) is 17.4 Å². The van der Waals surface area contributed by atoms with Gasteiger partial charge in [-0.25, -0.2) is 4.79 Å². The third-order valence-corrected chi connectivity index (χ3v) is 9.89. The first-order valence-electron chi connectivity index (χ1n) is 20.1. The van der Waals surface area contributed by atoms with Crippen LogP contribution in [0.2, 0.25) is 0 Å². The average Bonchev–Trinajstić information content (AvgIpc) is 3.69. The number of phenolic OH excluding ortho intramolecular Hbond substituents is 1. The number of nitrogens with one attached hydrogen (secondary N) is 6. The van der Waals surface area contributed by atoms with Crippen molar-refractivity contribution in [3.05, 3.63) is 29.8 Å². The molecule has 0 radical (unpaired) electrons. The first-order chi connectivity index (χ1) is 28.7. The SMILES string of the molecule is CC(C)[C@H](NC(=O)[C@@H](NC(=O)[C@H](CCC(=O)O)NC(=O)CNC(=O)[C@@H]1CCCN1C(=O)[C@H](C)NC(=O)[C@@H](N)Cc1ccc(O)cc1)[C@@H](C)O)C(=O)N[C@@H](CCCCN)C(=O)O. The molecule has 14 N–H and O–H groups in total. The Morgan fingerprint density at radius 1 is 0.787 bits per heavy atom. The Labute approximate surface area is 353 Å². The van der Waals surface area contributed by atoms with Crippen molar-refractivity contribution in [2.75, 3.05) is 19.6 Å². The molecule has 0 bridgehead atoms. The minimum Gasteiger partial charge on any atom is -0.508 e. The highest BCUT2D eigenvalue weighted by atomic mass is 16.4.